The third kappa shape index (κ3) is 3.33. The summed E-state index contributed by atoms with van der Waals surface area (Å²) in [5.41, 5.74) is 1.48. The summed E-state index contributed by atoms with van der Waals surface area (Å²) >= 11 is 0. The van der Waals surface area contributed by atoms with Crippen molar-refractivity contribution in [1.29, 1.82) is 0 Å². The van der Waals surface area contributed by atoms with E-state index in [1.54, 1.807) is 0 Å². The third-order valence-corrected chi connectivity index (χ3v) is 5.63. The van der Waals surface area contributed by atoms with Crippen LogP contribution in [0.1, 0.15) is 51.0 Å². The van der Waals surface area contributed by atoms with E-state index in [1.165, 1.54) is 82.8 Å². The van der Waals surface area contributed by atoms with E-state index in [9.17, 15) is 0 Å². The molecule has 0 aromatic heterocycles. The van der Waals surface area contributed by atoms with Gasteiger partial charge in [-0.05, 0) is 50.7 Å². The highest BCUT2D eigenvalue weighted by Gasteiger charge is 2.08. The molecule has 26 heavy (non-hydrogen) atoms. The Balaban J connectivity index is 1.69. The fourth-order valence-electron chi connectivity index (χ4n) is 4.22. The van der Waals surface area contributed by atoms with Gasteiger partial charge in [-0.15, -0.1) is 0 Å². The van der Waals surface area contributed by atoms with Gasteiger partial charge >= 0.3 is 0 Å². The first kappa shape index (κ1) is 17.1. The zero-order valence-corrected chi connectivity index (χ0v) is 15.8. The average Bonchev–Trinajstić information content (AvgIpc) is 2.71. The van der Waals surface area contributed by atoms with Crippen molar-refractivity contribution in [1.82, 2.24) is 0 Å². The Kier molecular flexibility index (Phi) is 5.20. The van der Waals surface area contributed by atoms with Crippen molar-refractivity contribution in [3.63, 3.8) is 0 Å². The largest absolute Gasteiger partial charge is 0.0654 e. The summed E-state index contributed by atoms with van der Waals surface area (Å²) in [5.74, 6) is 0. The Hall–Kier alpha value is -2.34. The maximum Gasteiger partial charge on any atom is -0.00962 e. The molecule has 0 spiro atoms. The number of aryl methyl sites for hydroxylation is 1. The zero-order chi connectivity index (χ0) is 17.8. The van der Waals surface area contributed by atoms with E-state index in [-0.39, 0.29) is 0 Å². The molecule has 0 bridgehead atoms. The van der Waals surface area contributed by atoms with E-state index in [4.69, 9.17) is 0 Å². The second-order valence-electron chi connectivity index (χ2n) is 7.49. The minimum atomic E-state index is 1.20. The molecule has 0 saturated carbocycles. The molecule has 0 aliphatic rings. The van der Waals surface area contributed by atoms with Crippen molar-refractivity contribution in [3.8, 4) is 0 Å². The van der Waals surface area contributed by atoms with E-state index in [2.05, 4.69) is 73.7 Å². The summed E-state index contributed by atoms with van der Waals surface area (Å²) in [6, 6.07) is 24.8. The predicted octanol–water partition coefficient (Wildman–Crippen LogP) is 8.05. The second kappa shape index (κ2) is 7.91. The quantitative estimate of drug-likeness (QED) is 0.236. The van der Waals surface area contributed by atoms with Crippen LogP contribution < -0.4 is 0 Å². The van der Waals surface area contributed by atoms with E-state index < -0.39 is 0 Å². The second-order valence-corrected chi connectivity index (χ2v) is 7.49. The Morgan fingerprint density at radius 1 is 0.500 bits per heavy atom. The maximum atomic E-state index is 2.44. The molecule has 0 unspecified atom stereocenters. The molecule has 0 aliphatic heterocycles. The molecule has 0 nitrogen and oxygen atoms in total. The fourth-order valence-corrected chi connectivity index (χ4v) is 4.22. The van der Waals surface area contributed by atoms with Crippen molar-refractivity contribution in [2.24, 2.45) is 0 Å². The molecular formula is C26H28. The number of hydrogen-bond acceptors (Lipinski definition) is 0. The van der Waals surface area contributed by atoms with E-state index in [1.807, 2.05) is 0 Å². The molecule has 0 amide bonds. The first-order valence-electron chi connectivity index (χ1n) is 10.2. The van der Waals surface area contributed by atoms with Crippen LogP contribution in [0.15, 0.2) is 66.7 Å². The van der Waals surface area contributed by atoms with Gasteiger partial charge in [0.15, 0.2) is 0 Å². The lowest BCUT2D eigenvalue weighted by Crippen LogP contribution is -1.89. The molecule has 0 fully saturated rings. The van der Waals surface area contributed by atoms with Gasteiger partial charge in [0, 0.05) is 0 Å². The third-order valence-electron chi connectivity index (χ3n) is 5.63. The summed E-state index contributed by atoms with van der Waals surface area (Å²) in [5, 5.41) is 8.26. The molecule has 0 heteroatoms. The van der Waals surface area contributed by atoms with Gasteiger partial charge in [0.2, 0.25) is 0 Å². The minimum absolute atomic E-state index is 1.20. The van der Waals surface area contributed by atoms with Gasteiger partial charge in [-0.25, -0.2) is 0 Å². The molecule has 0 radical (unpaired) electrons. The van der Waals surface area contributed by atoms with Crippen LogP contribution in [0.4, 0.5) is 0 Å². The topological polar surface area (TPSA) is 0 Å². The number of unbranched alkanes of at least 4 members (excludes halogenated alkanes) is 5. The lowest BCUT2D eigenvalue weighted by Gasteiger charge is -2.12. The molecule has 4 rings (SSSR count). The van der Waals surface area contributed by atoms with Crippen molar-refractivity contribution in [2.75, 3.05) is 0 Å². The Morgan fingerprint density at radius 2 is 1.00 bits per heavy atom. The Bertz CT molecular complexity index is 991. The molecule has 0 atom stereocenters. The minimum Gasteiger partial charge on any atom is -0.0654 e. The fraction of sp³-hybridized carbons (Fsp3) is 0.308. The number of fused-ring (bicyclic) bond motifs is 6. The summed E-state index contributed by atoms with van der Waals surface area (Å²) in [6.45, 7) is 2.28. The van der Waals surface area contributed by atoms with Crippen LogP contribution in [0.25, 0.3) is 32.3 Å². The molecule has 0 aliphatic carbocycles. The van der Waals surface area contributed by atoms with Gasteiger partial charge in [-0.2, -0.15) is 0 Å². The molecule has 132 valence electrons. The molecule has 0 saturated heterocycles. The highest BCUT2D eigenvalue weighted by atomic mass is 14.1. The molecule has 0 N–H and O–H groups in total. The lowest BCUT2D eigenvalue weighted by atomic mass is 9.92. The maximum absolute atomic E-state index is 2.44. The lowest BCUT2D eigenvalue weighted by molar-refractivity contribution is 0.607. The van der Waals surface area contributed by atoms with Crippen LogP contribution >= 0.6 is 0 Å². The van der Waals surface area contributed by atoms with E-state index >= 15 is 0 Å². The normalized spacial score (nSPS) is 11.6. The van der Waals surface area contributed by atoms with Gasteiger partial charge in [0.25, 0.3) is 0 Å². The van der Waals surface area contributed by atoms with Crippen molar-refractivity contribution in [2.45, 2.75) is 51.9 Å². The van der Waals surface area contributed by atoms with E-state index in [0.29, 0.717) is 0 Å². The van der Waals surface area contributed by atoms with Crippen LogP contribution in [0.5, 0.6) is 0 Å². The highest BCUT2D eigenvalue weighted by Crippen LogP contribution is 2.35. The predicted molar refractivity (Wildman–Crippen MR) is 116 cm³/mol. The van der Waals surface area contributed by atoms with E-state index in [0.717, 1.165) is 0 Å². The van der Waals surface area contributed by atoms with Crippen molar-refractivity contribution >= 4 is 32.3 Å². The van der Waals surface area contributed by atoms with Crippen LogP contribution in [0.3, 0.4) is 0 Å². The molecule has 4 aromatic rings. The number of benzene rings is 4. The first-order valence-corrected chi connectivity index (χ1v) is 10.2. The standard InChI is InChI=1S/C26H28/c1-2-3-4-5-6-7-12-20-17-18-25-23-15-9-8-13-21(23)22-14-10-11-16-24(22)26(25)19-20/h8-11,13-19H,2-7,12H2,1H3. The zero-order valence-electron chi connectivity index (χ0n) is 15.8. The average molecular weight is 341 g/mol. The summed E-state index contributed by atoms with van der Waals surface area (Å²) in [4.78, 5) is 0. The Morgan fingerprint density at radius 3 is 1.62 bits per heavy atom. The van der Waals surface area contributed by atoms with Gasteiger partial charge in [0.1, 0.15) is 0 Å². The number of rotatable bonds is 7. The van der Waals surface area contributed by atoms with Crippen LogP contribution in [0.2, 0.25) is 0 Å². The summed E-state index contributed by atoms with van der Waals surface area (Å²) in [7, 11) is 0. The number of hydrogen-bond donors (Lipinski definition) is 0. The van der Waals surface area contributed by atoms with Crippen LogP contribution in [-0.4, -0.2) is 0 Å². The SMILES string of the molecule is CCCCCCCCc1ccc2c3ccccc3c3ccccc3c2c1. The van der Waals surface area contributed by atoms with Crippen molar-refractivity contribution in [3.05, 3.63) is 72.3 Å². The van der Waals surface area contributed by atoms with Gasteiger partial charge in [-0.1, -0.05) is 106 Å². The Labute approximate surface area is 156 Å². The molecule has 0 heterocycles. The van der Waals surface area contributed by atoms with Crippen LogP contribution in [0, 0.1) is 0 Å². The van der Waals surface area contributed by atoms with Gasteiger partial charge < -0.3 is 0 Å². The van der Waals surface area contributed by atoms with Gasteiger partial charge in [0.05, 0.1) is 0 Å². The molecular weight excluding hydrogens is 312 g/mol. The van der Waals surface area contributed by atoms with Gasteiger partial charge in [-0.3, -0.25) is 0 Å². The van der Waals surface area contributed by atoms with Crippen LogP contribution in [-0.2, 0) is 6.42 Å². The summed E-state index contributed by atoms with van der Waals surface area (Å²) < 4.78 is 0. The van der Waals surface area contributed by atoms with Crippen molar-refractivity contribution < 1.29 is 0 Å². The monoisotopic (exact) mass is 340 g/mol. The highest BCUT2D eigenvalue weighted by molar-refractivity contribution is 6.25. The first-order chi connectivity index (χ1) is 12.9. The molecule has 4 aromatic carbocycles. The smallest absolute Gasteiger partial charge is 0.00962 e. The summed E-state index contributed by atoms with van der Waals surface area (Å²) in [6.07, 6.45) is 9.35.